The van der Waals surface area contributed by atoms with E-state index < -0.39 is 11.4 Å². The van der Waals surface area contributed by atoms with Gasteiger partial charge in [0.15, 0.2) is 0 Å². The monoisotopic (exact) mass is 467 g/mol. The highest BCUT2D eigenvalue weighted by Crippen LogP contribution is 2.67. The van der Waals surface area contributed by atoms with Crippen LogP contribution in [0.3, 0.4) is 0 Å². The molecule has 0 saturated heterocycles. The summed E-state index contributed by atoms with van der Waals surface area (Å²) >= 11 is 9.40. The molecule has 6 heteroatoms. The maximum Gasteiger partial charge on any atom is 0.335 e. The van der Waals surface area contributed by atoms with Crippen LogP contribution >= 0.6 is 27.5 Å². The van der Waals surface area contributed by atoms with E-state index in [9.17, 15) is 14.7 Å². The van der Waals surface area contributed by atoms with Crippen molar-refractivity contribution in [2.75, 3.05) is 4.90 Å². The Morgan fingerprint density at radius 2 is 1.83 bits per heavy atom. The number of rotatable bonds is 3. The molecule has 5 rings (SSSR count). The molecule has 1 fully saturated rings. The Bertz CT molecular complexity index is 1180. The highest BCUT2D eigenvalue weighted by Gasteiger charge is 2.67. The molecule has 0 radical (unpaired) electrons. The third kappa shape index (κ3) is 2.72. The van der Waals surface area contributed by atoms with Gasteiger partial charge in [-0.2, -0.15) is 0 Å². The van der Waals surface area contributed by atoms with Gasteiger partial charge in [-0.05, 0) is 53.9 Å². The van der Waals surface area contributed by atoms with Gasteiger partial charge in [-0.1, -0.05) is 57.9 Å². The van der Waals surface area contributed by atoms with Crippen LogP contribution in [0.4, 0.5) is 11.4 Å². The summed E-state index contributed by atoms with van der Waals surface area (Å²) in [5.41, 5.74) is 2.94. The SMILES string of the molecule is O=C(O)c1cc(Br)cc(N2C(=O)C3(CC3c3ccc(Cl)cc3)c3ccccc32)c1. The Kier molecular flexibility index (Phi) is 4.09. The molecule has 1 heterocycles. The quantitative estimate of drug-likeness (QED) is 0.520. The zero-order valence-corrected chi connectivity index (χ0v) is 17.4. The molecular formula is C23H15BrClNO3. The Balaban J connectivity index is 1.63. The molecule has 3 aromatic rings. The second-order valence-corrected chi connectivity index (χ2v) is 8.79. The summed E-state index contributed by atoms with van der Waals surface area (Å²) in [6.45, 7) is 0. The van der Waals surface area contributed by atoms with Crippen molar-refractivity contribution in [2.24, 2.45) is 0 Å². The minimum absolute atomic E-state index is 0.0203. The fourth-order valence-corrected chi connectivity index (χ4v) is 5.05. The van der Waals surface area contributed by atoms with Crippen LogP contribution in [0, 0.1) is 0 Å². The number of nitrogens with zero attached hydrogens (tertiary/aromatic N) is 1. The standard InChI is InChI=1S/C23H15BrClNO3/c24-15-9-14(21(27)28)10-17(11-15)26-20-4-2-1-3-18(20)23(22(26)29)12-19(23)13-5-7-16(25)8-6-13/h1-11,19H,12H2,(H,27,28). The normalized spacial score (nSPS) is 22.1. The fourth-order valence-electron chi connectivity index (χ4n) is 4.45. The maximum absolute atomic E-state index is 13.7. The first-order valence-corrected chi connectivity index (χ1v) is 10.3. The average molecular weight is 469 g/mol. The number of carboxylic acid groups (broad SMARTS) is 1. The lowest BCUT2D eigenvalue weighted by atomic mass is 9.92. The van der Waals surface area contributed by atoms with E-state index in [1.165, 1.54) is 6.07 Å². The smallest absolute Gasteiger partial charge is 0.335 e. The number of amides is 1. The Morgan fingerprint density at radius 1 is 1.10 bits per heavy atom. The number of halogens is 2. The molecule has 0 aromatic heterocycles. The van der Waals surface area contributed by atoms with Gasteiger partial charge in [-0.15, -0.1) is 0 Å². The third-order valence-electron chi connectivity index (χ3n) is 5.83. The van der Waals surface area contributed by atoms with Gasteiger partial charge < -0.3 is 5.11 Å². The van der Waals surface area contributed by atoms with E-state index in [0.717, 1.165) is 23.2 Å². The van der Waals surface area contributed by atoms with Crippen molar-refractivity contribution in [3.05, 3.63) is 92.9 Å². The molecule has 144 valence electrons. The second-order valence-electron chi connectivity index (χ2n) is 7.44. The first-order valence-electron chi connectivity index (χ1n) is 9.15. The molecule has 3 aromatic carbocycles. The lowest BCUT2D eigenvalue weighted by Gasteiger charge is -2.19. The summed E-state index contributed by atoms with van der Waals surface area (Å²) in [5.74, 6) is -0.981. The molecule has 1 amide bonds. The summed E-state index contributed by atoms with van der Waals surface area (Å²) in [7, 11) is 0. The molecule has 1 saturated carbocycles. The van der Waals surface area contributed by atoms with Gasteiger partial charge in [0.25, 0.3) is 0 Å². The molecule has 1 aliphatic carbocycles. The largest absolute Gasteiger partial charge is 0.478 e. The molecule has 2 unspecified atom stereocenters. The minimum atomic E-state index is -1.03. The maximum atomic E-state index is 13.7. The van der Waals surface area contributed by atoms with Crippen LogP contribution in [0.25, 0.3) is 0 Å². The average Bonchev–Trinajstić information content (AvgIpc) is 3.39. The van der Waals surface area contributed by atoms with E-state index in [1.54, 1.807) is 17.0 Å². The van der Waals surface area contributed by atoms with E-state index in [1.807, 2.05) is 48.5 Å². The topological polar surface area (TPSA) is 57.6 Å². The molecule has 29 heavy (non-hydrogen) atoms. The molecule has 0 bridgehead atoms. The molecule has 1 spiro atoms. The zero-order valence-electron chi connectivity index (χ0n) is 15.1. The van der Waals surface area contributed by atoms with Gasteiger partial charge >= 0.3 is 5.97 Å². The zero-order chi connectivity index (χ0) is 20.3. The number of hydrogen-bond donors (Lipinski definition) is 1. The molecule has 2 atom stereocenters. The van der Waals surface area contributed by atoms with Gasteiger partial charge in [0.05, 0.1) is 22.4 Å². The van der Waals surface area contributed by atoms with Crippen LogP contribution in [0.15, 0.2) is 71.2 Å². The lowest BCUT2D eigenvalue weighted by molar-refractivity contribution is -0.119. The number of para-hydroxylation sites is 1. The Hall–Kier alpha value is -2.63. The third-order valence-corrected chi connectivity index (χ3v) is 6.54. The first kappa shape index (κ1) is 18.4. The number of hydrogen-bond acceptors (Lipinski definition) is 2. The molecule has 1 aliphatic heterocycles. The van der Waals surface area contributed by atoms with Gasteiger partial charge in [-0.25, -0.2) is 4.79 Å². The van der Waals surface area contributed by atoms with Crippen molar-refractivity contribution < 1.29 is 14.7 Å². The number of aromatic carboxylic acids is 1. The summed E-state index contributed by atoms with van der Waals surface area (Å²) in [5, 5.41) is 10.1. The van der Waals surface area contributed by atoms with E-state index >= 15 is 0 Å². The Labute approximate surface area is 180 Å². The van der Waals surface area contributed by atoms with Crippen molar-refractivity contribution in [3.63, 3.8) is 0 Å². The van der Waals surface area contributed by atoms with Gasteiger partial charge in [0.2, 0.25) is 5.91 Å². The van der Waals surface area contributed by atoms with Crippen LogP contribution in [-0.2, 0) is 10.2 Å². The van der Waals surface area contributed by atoms with Crippen LogP contribution < -0.4 is 4.90 Å². The number of benzene rings is 3. The first-order chi connectivity index (χ1) is 13.9. The van der Waals surface area contributed by atoms with E-state index in [0.29, 0.717) is 15.2 Å². The number of carbonyl (C=O) groups is 2. The van der Waals surface area contributed by atoms with Crippen molar-refractivity contribution in [1.29, 1.82) is 0 Å². The molecule has 2 aliphatic rings. The van der Waals surface area contributed by atoms with Crippen molar-refractivity contribution in [2.45, 2.75) is 17.8 Å². The number of fused-ring (bicyclic) bond motifs is 2. The number of carboxylic acids is 1. The summed E-state index contributed by atoms with van der Waals surface area (Å²) < 4.78 is 0.615. The molecular weight excluding hydrogens is 454 g/mol. The van der Waals surface area contributed by atoms with Crippen LogP contribution in [0.5, 0.6) is 0 Å². The summed E-state index contributed by atoms with van der Waals surface area (Å²) in [6.07, 6.45) is 0.723. The predicted octanol–water partition coefficient (Wildman–Crippen LogP) is 5.90. The summed E-state index contributed by atoms with van der Waals surface area (Å²) in [4.78, 5) is 26.9. The van der Waals surface area contributed by atoms with Gasteiger partial charge in [0.1, 0.15) is 0 Å². The van der Waals surface area contributed by atoms with E-state index in [-0.39, 0.29) is 17.4 Å². The van der Waals surface area contributed by atoms with E-state index in [4.69, 9.17) is 11.6 Å². The van der Waals surface area contributed by atoms with Crippen LogP contribution in [-0.4, -0.2) is 17.0 Å². The van der Waals surface area contributed by atoms with Crippen molar-refractivity contribution >= 4 is 50.8 Å². The van der Waals surface area contributed by atoms with Gasteiger partial charge in [0, 0.05) is 15.4 Å². The van der Waals surface area contributed by atoms with Crippen LogP contribution in [0.2, 0.25) is 5.02 Å². The Morgan fingerprint density at radius 3 is 2.55 bits per heavy atom. The number of anilines is 2. The highest BCUT2D eigenvalue weighted by molar-refractivity contribution is 9.10. The lowest BCUT2D eigenvalue weighted by Crippen LogP contribution is -2.29. The highest BCUT2D eigenvalue weighted by atomic mass is 79.9. The summed E-state index contributed by atoms with van der Waals surface area (Å²) in [6, 6.07) is 20.2. The fraction of sp³-hybridized carbons (Fsp3) is 0.130. The number of carbonyl (C=O) groups excluding carboxylic acids is 1. The molecule has 1 N–H and O–H groups in total. The van der Waals surface area contributed by atoms with Gasteiger partial charge in [-0.3, -0.25) is 9.69 Å². The molecule has 4 nitrogen and oxygen atoms in total. The van der Waals surface area contributed by atoms with Crippen molar-refractivity contribution in [1.82, 2.24) is 0 Å². The van der Waals surface area contributed by atoms with Crippen LogP contribution in [0.1, 0.15) is 33.8 Å². The predicted molar refractivity (Wildman–Crippen MR) is 115 cm³/mol. The minimum Gasteiger partial charge on any atom is -0.478 e. The van der Waals surface area contributed by atoms with Crippen molar-refractivity contribution in [3.8, 4) is 0 Å². The second kappa shape index (κ2) is 6.44. The van der Waals surface area contributed by atoms with E-state index in [2.05, 4.69) is 15.9 Å².